The Morgan fingerprint density at radius 3 is 2.80 bits per heavy atom. The van der Waals surface area contributed by atoms with Gasteiger partial charge in [-0.25, -0.2) is 0 Å². The summed E-state index contributed by atoms with van der Waals surface area (Å²) >= 11 is 1.99. The molecule has 0 aliphatic carbocycles. The van der Waals surface area contributed by atoms with E-state index >= 15 is 0 Å². The molecule has 1 aromatic rings. The summed E-state index contributed by atoms with van der Waals surface area (Å²) in [7, 11) is 0. The van der Waals surface area contributed by atoms with E-state index in [4.69, 9.17) is 0 Å². The lowest BCUT2D eigenvalue weighted by molar-refractivity contribution is 0.400. The van der Waals surface area contributed by atoms with Gasteiger partial charge in [0.25, 0.3) is 0 Å². The second-order valence-corrected chi connectivity index (χ2v) is 4.54. The fourth-order valence-corrected chi connectivity index (χ4v) is 2.18. The number of nitrogens with zero attached hydrogens (tertiary/aromatic N) is 1. The van der Waals surface area contributed by atoms with Crippen molar-refractivity contribution in [1.29, 1.82) is 0 Å². The monoisotopic (exact) mass is 318 g/mol. The van der Waals surface area contributed by atoms with Crippen LogP contribution >= 0.6 is 22.6 Å². The summed E-state index contributed by atoms with van der Waals surface area (Å²) in [4.78, 5) is 4.27. The molecule has 5 heteroatoms. The van der Waals surface area contributed by atoms with Crippen molar-refractivity contribution in [1.82, 2.24) is 5.32 Å². The van der Waals surface area contributed by atoms with Crippen molar-refractivity contribution >= 4 is 28.4 Å². The lowest BCUT2D eigenvalue weighted by Gasteiger charge is -2.06. The van der Waals surface area contributed by atoms with Crippen molar-refractivity contribution in [2.24, 2.45) is 4.99 Å². The Morgan fingerprint density at radius 2 is 2.20 bits per heavy atom. The van der Waals surface area contributed by atoms with E-state index in [-0.39, 0.29) is 11.5 Å². The average Bonchev–Trinajstić information content (AvgIpc) is 2.66. The molecular formula is C10H11IN2O2. The summed E-state index contributed by atoms with van der Waals surface area (Å²) in [6.07, 6.45) is 0.670. The van der Waals surface area contributed by atoms with Gasteiger partial charge in [0.05, 0.1) is 10.1 Å². The molecule has 0 spiro atoms. The van der Waals surface area contributed by atoms with Crippen LogP contribution in [-0.2, 0) is 6.42 Å². The maximum Gasteiger partial charge on any atom is 0.171 e. The van der Waals surface area contributed by atoms with Crippen molar-refractivity contribution in [3.05, 3.63) is 21.3 Å². The number of phenolic OH excluding ortho intramolecular Hbond substituents is 2. The standard InChI is InChI=1S/C10H11IN2O2/c11-7-3-6(4-8(14)10(7)15)5-9-12-1-2-13-9/h3-4,14-15H,1-2,5H2,(H,12,13). The molecule has 80 valence electrons. The van der Waals surface area contributed by atoms with Crippen LogP contribution < -0.4 is 5.32 Å². The molecule has 0 saturated carbocycles. The molecule has 3 N–H and O–H groups in total. The van der Waals surface area contributed by atoms with Crippen LogP contribution in [0.25, 0.3) is 0 Å². The lowest BCUT2D eigenvalue weighted by Crippen LogP contribution is -2.20. The number of nitrogens with one attached hydrogen (secondary N) is 1. The summed E-state index contributed by atoms with van der Waals surface area (Å²) in [5.74, 6) is 0.812. The highest BCUT2D eigenvalue weighted by Crippen LogP contribution is 2.31. The number of benzene rings is 1. The van der Waals surface area contributed by atoms with Gasteiger partial charge in [-0.3, -0.25) is 4.99 Å². The number of aliphatic imine (C=N–C) groups is 1. The summed E-state index contributed by atoms with van der Waals surface area (Å²) in [6.45, 7) is 1.70. The third kappa shape index (κ3) is 2.34. The van der Waals surface area contributed by atoms with Crippen LogP contribution in [0.3, 0.4) is 0 Å². The summed E-state index contributed by atoms with van der Waals surface area (Å²) in [6, 6.07) is 3.41. The fourth-order valence-electron chi connectivity index (χ4n) is 1.50. The van der Waals surface area contributed by atoms with Crippen molar-refractivity contribution in [3.63, 3.8) is 0 Å². The zero-order valence-electron chi connectivity index (χ0n) is 8.00. The molecule has 1 aliphatic heterocycles. The van der Waals surface area contributed by atoms with Crippen LogP contribution in [0.1, 0.15) is 5.56 Å². The third-order valence-corrected chi connectivity index (χ3v) is 3.04. The molecule has 0 atom stereocenters. The highest BCUT2D eigenvalue weighted by Gasteiger charge is 2.10. The Bertz CT molecular complexity index is 395. The first kappa shape index (κ1) is 10.5. The molecule has 1 aliphatic rings. The van der Waals surface area contributed by atoms with Gasteiger partial charge in [-0.05, 0) is 40.3 Å². The molecule has 0 saturated heterocycles. The average molecular weight is 318 g/mol. The molecule has 0 bridgehead atoms. The van der Waals surface area contributed by atoms with Crippen molar-refractivity contribution < 1.29 is 10.2 Å². The van der Waals surface area contributed by atoms with E-state index < -0.39 is 0 Å². The molecule has 0 fully saturated rings. The molecule has 1 aromatic carbocycles. The number of rotatable bonds is 2. The Labute approximate surface area is 101 Å². The summed E-state index contributed by atoms with van der Waals surface area (Å²) in [5.41, 5.74) is 0.947. The van der Waals surface area contributed by atoms with E-state index in [0.717, 1.165) is 24.5 Å². The van der Waals surface area contributed by atoms with Crippen LogP contribution in [0.5, 0.6) is 11.5 Å². The van der Waals surface area contributed by atoms with Gasteiger partial charge in [-0.1, -0.05) is 0 Å². The lowest BCUT2D eigenvalue weighted by atomic mass is 10.1. The normalized spacial score (nSPS) is 14.9. The third-order valence-electron chi connectivity index (χ3n) is 2.22. The zero-order chi connectivity index (χ0) is 10.8. The predicted octanol–water partition coefficient (Wildman–Crippen LogP) is 1.25. The van der Waals surface area contributed by atoms with E-state index in [2.05, 4.69) is 10.3 Å². The highest BCUT2D eigenvalue weighted by atomic mass is 127. The van der Waals surface area contributed by atoms with Crippen LogP contribution in [0.4, 0.5) is 0 Å². The van der Waals surface area contributed by atoms with Gasteiger partial charge in [-0.15, -0.1) is 0 Å². The first-order valence-corrected chi connectivity index (χ1v) is 5.72. The van der Waals surface area contributed by atoms with Gasteiger partial charge < -0.3 is 15.5 Å². The second kappa shape index (κ2) is 4.26. The summed E-state index contributed by atoms with van der Waals surface area (Å²) < 4.78 is 0.654. The fraction of sp³-hybridized carbons (Fsp3) is 0.300. The van der Waals surface area contributed by atoms with Crippen LogP contribution in [0.2, 0.25) is 0 Å². The molecule has 0 aromatic heterocycles. The zero-order valence-corrected chi connectivity index (χ0v) is 10.2. The Kier molecular flexibility index (Phi) is 2.99. The van der Waals surface area contributed by atoms with Gasteiger partial charge in [0.1, 0.15) is 5.84 Å². The van der Waals surface area contributed by atoms with Gasteiger partial charge in [0.2, 0.25) is 0 Å². The molecule has 0 unspecified atom stereocenters. The molecule has 4 nitrogen and oxygen atoms in total. The Hall–Kier alpha value is -0.980. The largest absolute Gasteiger partial charge is 0.504 e. The van der Waals surface area contributed by atoms with Crippen molar-refractivity contribution in [3.8, 4) is 11.5 Å². The van der Waals surface area contributed by atoms with E-state index in [1.165, 1.54) is 0 Å². The van der Waals surface area contributed by atoms with Gasteiger partial charge in [0.15, 0.2) is 11.5 Å². The van der Waals surface area contributed by atoms with E-state index in [0.29, 0.717) is 9.99 Å². The van der Waals surface area contributed by atoms with Crippen LogP contribution in [0, 0.1) is 3.57 Å². The quantitative estimate of drug-likeness (QED) is 0.568. The first-order valence-electron chi connectivity index (χ1n) is 4.64. The minimum Gasteiger partial charge on any atom is -0.504 e. The van der Waals surface area contributed by atoms with Crippen LogP contribution in [0.15, 0.2) is 17.1 Å². The van der Waals surface area contributed by atoms with E-state index in [9.17, 15) is 10.2 Å². The topological polar surface area (TPSA) is 64.9 Å². The first-order chi connectivity index (χ1) is 7.16. The number of phenols is 2. The van der Waals surface area contributed by atoms with Crippen molar-refractivity contribution in [2.75, 3.05) is 13.1 Å². The minimum atomic E-state index is -0.0736. The smallest absolute Gasteiger partial charge is 0.171 e. The molecule has 0 radical (unpaired) electrons. The van der Waals surface area contributed by atoms with Crippen LogP contribution in [-0.4, -0.2) is 29.1 Å². The second-order valence-electron chi connectivity index (χ2n) is 3.38. The minimum absolute atomic E-state index is 0.0549. The number of aromatic hydroxyl groups is 2. The van der Waals surface area contributed by atoms with E-state index in [1.807, 2.05) is 28.7 Å². The molecular weight excluding hydrogens is 307 g/mol. The highest BCUT2D eigenvalue weighted by molar-refractivity contribution is 14.1. The molecule has 2 rings (SSSR count). The van der Waals surface area contributed by atoms with Gasteiger partial charge in [-0.2, -0.15) is 0 Å². The van der Waals surface area contributed by atoms with Gasteiger partial charge >= 0.3 is 0 Å². The maximum atomic E-state index is 9.44. The SMILES string of the molecule is Oc1cc(CC2=NCCN2)cc(I)c1O. The predicted molar refractivity (Wildman–Crippen MR) is 66.5 cm³/mol. The van der Waals surface area contributed by atoms with Crippen molar-refractivity contribution in [2.45, 2.75) is 6.42 Å². The number of halogens is 1. The Morgan fingerprint density at radius 1 is 1.40 bits per heavy atom. The maximum absolute atomic E-state index is 9.44. The number of hydrogen-bond acceptors (Lipinski definition) is 4. The Balaban J connectivity index is 2.22. The van der Waals surface area contributed by atoms with E-state index in [1.54, 1.807) is 6.07 Å². The number of amidine groups is 1. The molecule has 15 heavy (non-hydrogen) atoms. The molecule has 1 heterocycles. The molecule has 0 amide bonds. The van der Waals surface area contributed by atoms with Gasteiger partial charge in [0, 0.05) is 13.0 Å². The number of hydrogen-bond donors (Lipinski definition) is 3. The summed E-state index contributed by atoms with van der Waals surface area (Å²) in [5, 5.41) is 22.0.